The standard InChI is InChI=1S/C14H19ClN2S/c1-9(2)8-12(17-14(18)16-4)11-7-5-6-10(3)13(11)15/h5-7,12H,1,8H2,2-4H3,(H2,16,17,18). The summed E-state index contributed by atoms with van der Waals surface area (Å²) in [5.41, 5.74) is 3.21. The van der Waals surface area contributed by atoms with E-state index in [1.807, 2.05) is 32.0 Å². The number of benzene rings is 1. The largest absolute Gasteiger partial charge is 0.366 e. The van der Waals surface area contributed by atoms with Crippen LogP contribution >= 0.6 is 23.8 Å². The second-order valence-corrected chi connectivity index (χ2v) is 5.20. The van der Waals surface area contributed by atoms with Crippen LogP contribution in [0.1, 0.15) is 30.5 Å². The maximum Gasteiger partial charge on any atom is 0.166 e. The summed E-state index contributed by atoms with van der Waals surface area (Å²) < 4.78 is 0. The van der Waals surface area contributed by atoms with Crippen molar-refractivity contribution < 1.29 is 0 Å². The molecule has 4 heteroatoms. The van der Waals surface area contributed by atoms with Crippen molar-refractivity contribution in [2.75, 3.05) is 7.05 Å². The number of nitrogens with one attached hydrogen (secondary N) is 2. The lowest BCUT2D eigenvalue weighted by Gasteiger charge is -2.22. The minimum atomic E-state index is 0.0508. The molecule has 1 atom stereocenters. The molecular weight excluding hydrogens is 264 g/mol. The molecule has 0 aliphatic heterocycles. The smallest absolute Gasteiger partial charge is 0.166 e. The molecule has 0 fully saturated rings. The summed E-state index contributed by atoms with van der Waals surface area (Å²) in [6.45, 7) is 7.96. The number of hydrogen-bond donors (Lipinski definition) is 2. The van der Waals surface area contributed by atoms with E-state index in [1.54, 1.807) is 7.05 Å². The van der Waals surface area contributed by atoms with Gasteiger partial charge in [-0.25, -0.2) is 0 Å². The molecule has 0 radical (unpaired) electrons. The van der Waals surface area contributed by atoms with Crippen LogP contribution in [-0.4, -0.2) is 12.2 Å². The van der Waals surface area contributed by atoms with E-state index in [9.17, 15) is 0 Å². The van der Waals surface area contributed by atoms with Crippen LogP contribution in [0.2, 0.25) is 5.02 Å². The first-order valence-electron chi connectivity index (χ1n) is 5.83. The molecule has 0 aliphatic rings. The predicted octanol–water partition coefficient (Wildman–Crippen LogP) is 3.75. The Morgan fingerprint density at radius 2 is 2.17 bits per heavy atom. The van der Waals surface area contributed by atoms with E-state index < -0.39 is 0 Å². The normalized spacial score (nSPS) is 11.8. The van der Waals surface area contributed by atoms with Crippen LogP contribution in [0.4, 0.5) is 0 Å². The molecule has 0 saturated heterocycles. The van der Waals surface area contributed by atoms with Crippen molar-refractivity contribution in [3.8, 4) is 0 Å². The summed E-state index contributed by atoms with van der Waals surface area (Å²) in [6.07, 6.45) is 0.797. The summed E-state index contributed by atoms with van der Waals surface area (Å²) in [6, 6.07) is 6.08. The van der Waals surface area contributed by atoms with Crippen LogP contribution in [-0.2, 0) is 0 Å². The molecule has 0 saturated carbocycles. The Bertz CT molecular complexity index is 457. The number of hydrogen-bond acceptors (Lipinski definition) is 1. The average Bonchev–Trinajstić information content (AvgIpc) is 2.31. The van der Waals surface area contributed by atoms with Crippen molar-refractivity contribution in [1.82, 2.24) is 10.6 Å². The third-order valence-electron chi connectivity index (χ3n) is 2.68. The van der Waals surface area contributed by atoms with Crippen molar-refractivity contribution >= 4 is 28.9 Å². The molecule has 0 aliphatic carbocycles. The van der Waals surface area contributed by atoms with Crippen molar-refractivity contribution in [2.45, 2.75) is 26.3 Å². The molecule has 1 rings (SSSR count). The fraction of sp³-hybridized carbons (Fsp3) is 0.357. The van der Waals surface area contributed by atoms with Crippen LogP contribution in [0.5, 0.6) is 0 Å². The zero-order chi connectivity index (χ0) is 13.7. The highest BCUT2D eigenvalue weighted by molar-refractivity contribution is 7.80. The van der Waals surface area contributed by atoms with E-state index in [0.717, 1.165) is 28.1 Å². The van der Waals surface area contributed by atoms with Gasteiger partial charge >= 0.3 is 0 Å². The fourth-order valence-electron chi connectivity index (χ4n) is 1.76. The van der Waals surface area contributed by atoms with Gasteiger partial charge in [0.25, 0.3) is 0 Å². The fourth-order valence-corrected chi connectivity index (χ4v) is 2.16. The molecule has 0 aromatic heterocycles. The minimum absolute atomic E-state index is 0.0508. The first kappa shape index (κ1) is 15.0. The summed E-state index contributed by atoms with van der Waals surface area (Å²) in [4.78, 5) is 0. The van der Waals surface area contributed by atoms with E-state index in [4.69, 9.17) is 23.8 Å². The minimum Gasteiger partial charge on any atom is -0.366 e. The van der Waals surface area contributed by atoms with Gasteiger partial charge in [0.05, 0.1) is 6.04 Å². The molecule has 2 N–H and O–H groups in total. The second kappa shape index (κ2) is 6.76. The van der Waals surface area contributed by atoms with Gasteiger partial charge in [0.15, 0.2) is 5.11 Å². The summed E-state index contributed by atoms with van der Waals surface area (Å²) in [5, 5.41) is 7.57. The molecule has 1 aromatic carbocycles. The van der Waals surface area contributed by atoms with Crippen LogP contribution in [0, 0.1) is 6.92 Å². The van der Waals surface area contributed by atoms with E-state index in [2.05, 4.69) is 17.2 Å². The maximum atomic E-state index is 6.36. The zero-order valence-corrected chi connectivity index (χ0v) is 12.6. The Morgan fingerprint density at radius 1 is 1.50 bits per heavy atom. The second-order valence-electron chi connectivity index (χ2n) is 4.42. The first-order valence-corrected chi connectivity index (χ1v) is 6.62. The molecule has 2 nitrogen and oxygen atoms in total. The quantitative estimate of drug-likeness (QED) is 0.650. The highest BCUT2D eigenvalue weighted by atomic mass is 35.5. The Hall–Kier alpha value is -1.06. The average molecular weight is 283 g/mol. The van der Waals surface area contributed by atoms with Gasteiger partial charge in [-0.2, -0.15) is 0 Å². The lowest BCUT2D eigenvalue weighted by Crippen LogP contribution is -2.35. The first-order chi connectivity index (χ1) is 8.45. The van der Waals surface area contributed by atoms with Gasteiger partial charge in [-0.1, -0.05) is 35.4 Å². The molecule has 98 valence electrons. The molecule has 0 amide bonds. The monoisotopic (exact) mass is 282 g/mol. The van der Waals surface area contributed by atoms with Crippen LogP contribution in [0.25, 0.3) is 0 Å². The van der Waals surface area contributed by atoms with E-state index in [1.165, 1.54) is 0 Å². The van der Waals surface area contributed by atoms with Gasteiger partial charge < -0.3 is 10.6 Å². The topological polar surface area (TPSA) is 24.1 Å². The molecule has 0 heterocycles. The number of halogens is 1. The Morgan fingerprint density at radius 3 is 2.72 bits per heavy atom. The Balaban J connectivity index is 3.04. The molecule has 1 aromatic rings. The number of rotatable bonds is 4. The molecule has 1 unspecified atom stereocenters. The lowest BCUT2D eigenvalue weighted by atomic mass is 9.98. The van der Waals surface area contributed by atoms with Crippen molar-refractivity contribution in [1.29, 1.82) is 0 Å². The van der Waals surface area contributed by atoms with Gasteiger partial charge in [0.2, 0.25) is 0 Å². The van der Waals surface area contributed by atoms with Crippen LogP contribution in [0.15, 0.2) is 30.4 Å². The van der Waals surface area contributed by atoms with Gasteiger partial charge in [-0.15, -0.1) is 6.58 Å². The van der Waals surface area contributed by atoms with E-state index >= 15 is 0 Å². The van der Waals surface area contributed by atoms with Gasteiger partial charge in [-0.05, 0) is 43.6 Å². The maximum absolute atomic E-state index is 6.36. The van der Waals surface area contributed by atoms with E-state index in [-0.39, 0.29) is 6.04 Å². The summed E-state index contributed by atoms with van der Waals surface area (Å²) in [7, 11) is 1.80. The molecule has 0 spiro atoms. The number of thiocarbonyl (C=S) groups is 1. The van der Waals surface area contributed by atoms with Crippen LogP contribution in [0.3, 0.4) is 0 Å². The highest BCUT2D eigenvalue weighted by Gasteiger charge is 2.16. The zero-order valence-electron chi connectivity index (χ0n) is 11.0. The van der Waals surface area contributed by atoms with Crippen molar-refractivity contribution in [3.05, 3.63) is 46.5 Å². The molecular formula is C14H19ClN2S. The Labute approximate surface area is 119 Å². The molecule has 18 heavy (non-hydrogen) atoms. The summed E-state index contributed by atoms with van der Waals surface area (Å²) >= 11 is 11.5. The Kier molecular flexibility index (Phi) is 5.63. The van der Waals surface area contributed by atoms with Crippen molar-refractivity contribution in [2.24, 2.45) is 0 Å². The highest BCUT2D eigenvalue weighted by Crippen LogP contribution is 2.29. The predicted molar refractivity (Wildman–Crippen MR) is 83.2 cm³/mol. The van der Waals surface area contributed by atoms with Crippen LogP contribution < -0.4 is 10.6 Å². The SMILES string of the molecule is C=C(C)CC(NC(=S)NC)c1cccc(C)c1Cl. The van der Waals surface area contributed by atoms with Gasteiger partial charge in [-0.3, -0.25) is 0 Å². The molecule has 0 bridgehead atoms. The van der Waals surface area contributed by atoms with E-state index in [0.29, 0.717) is 5.11 Å². The third kappa shape index (κ3) is 4.00. The summed E-state index contributed by atoms with van der Waals surface area (Å²) in [5.74, 6) is 0. The lowest BCUT2D eigenvalue weighted by molar-refractivity contribution is 0.636. The third-order valence-corrected chi connectivity index (χ3v) is 3.52. The number of aryl methyl sites for hydroxylation is 1. The van der Waals surface area contributed by atoms with Gasteiger partial charge in [0.1, 0.15) is 0 Å². The van der Waals surface area contributed by atoms with Gasteiger partial charge in [0, 0.05) is 12.1 Å². The van der Waals surface area contributed by atoms with Crippen molar-refractivity contribution in [3.63, 3.8) is 0 Å².